The molecule has 0 aliphatic carbocycles. The first kappa shape index (κ1) is 28.3. The lowest BCUT2D eigenvalue weighted by atomic mass is 10.1. The smallest absolute Gasteiger partial charge is 0.323 e. The topological polar surface area (TPSA) is 115 Å². The number of carbonyl (C=O) groups is 2. The van der Waals surface area contributed by atoms with E-state index in [1.54, 1.807) is 37.7 Å². The van der Waals surface area contributed by atoms with Gasteiger partial charge in [-0.2, -0.15) is 0 Å². The number of hydrogen-bond donors (Lipinski definition) is 2. The van der Waals surface area contributed by atoms with Crippen LogP contribution in [-0.2, 0) is 17.8 Å². The number of carbonyl (C=O) groups excluding carboxylic acids is 2. The predicted octanol–water partition coefficient (Wildman–Crippen LogP) is 4.33. The number of nitrogens with two attached hydrogens (primary N) is 1. The highest BCUT2D eigenvalue weighted by Gasteiger charge is 2.16. The van der Waals surface area contributed by atoms with Crippen molar-refractivity contribution in [2.24, 2.45) is 5.73 Å². The van der Waals surface area contributed by atoms with Crippen LogP contribution in [0.3, 0.4) is 0 Å². The largest absolute Gasteiger partial charge is 0.457 e. The number of aromatic nitrogens is 2. The number of pyridine rings is 1. The second-order valence-electron chi connectivity index (χ2n) is 10.1. The molecule has 1 fully saturated rings. The maximum absolute atomic E-state index is 12.9. The molecule has 3 heterocycles. The van der Waals surface area contributed by atoms with E-state index in [4.69, 9.17) is 15.2 Å². The van der Waals surface area contributed by atoms with Crippen LogP contribution in [0.5, 0.6) is 11.5 Å². The monoisotopic (exact) mass is 556 g/mol. The van der Waals surface area contributed by atoms with Crippen LogP contribution in [0.15, 0.2) is 67.0 Å². The lowest BCUT2D eigenvalue weighted by Crippen LogP contribution is -2.46. The van der Waals surface area contributed by atoms with Crippen molar-refractivity contribution in [2.75, 3.05) is 51.7 Å². The van der Waals surface area contributed by atoms with Crippen molar-refractivity contribution in [3.63, 3.8) is 0 Å². The summed E-state index contributed by atoms with van der Waals surface area (Å²) in [5.74, 6) is 1.19. The molecule has 3 N–H and O–H groups in total. The fraction of sp³-hybridized carbons (Fsp3) is 0.323. The van der Waals surface area contributed by atoms with Gasteiger partial charge in [0, 0.05) is 74.8 Å². The summed E-state index contributed by atoms with van der Waals surface area (Å²) in [5.41, 5.74) is 8.66. The van der Waals surface area contributed by atoms with Crippen LogP contribution in [0.2, 0.25) is 0 Å². The molecular weight excluding hydrogens is 520 g/mol. The second-order valence-corrected chi connectivity index (χ2v) is 10.1. The van der Waals surface area contributed by atoms with Gasteiger partial charge >= 0.3 is 6.03 Å². The number of methoxy groups -OCH3 is 1. The van der Waals surface area contributed by atoms with E-state index in [1.807, 2.05) is 36.4 Å². The third-order valence-corrected chi connectivity index (χ3v) is 7.46. The Morgan fingerprint density at radius 2 is 1.76 bits per heavy atom. The fourth-order valence-electron chi connectivity index (χ4n) is 5.06. The van der Waals surface area contributed by atoms with Crippen molar-refractivity contribution in [2.45, 2.75) is 20.0 Å². The molecule has 5 rings (SSSR count). The molecule has 214 valence electrons. The van der Waals surface area contributed by atoms with Crippen molar-refractivity contribution in [1.82, 2.24) is 19.4 Å². The number of piperazine rings is 1. The summed E-state index contributed by atoms with van der Waals surface area (Å²) in [4.78, 5) is 34.0. The molecule has 0 bridgehead atoms. The third-order valence-electron chi connectivity index (χ3n) is 7.46. The van der Waals surface area contributed by atoms with E-state index in [0.29, 0.717) is 28.4 Å². The number of likely N-dealkylation sites (N-methyl/N-ethyl adjacent to an activating group) is 1. The van der Waals surface area contributed by atoms with Gasteiger partial charge in [0.15, 0.2) is 0 Å². The molecule has 1 aliphatic heterocycles. The molecule has 41 heavy (non-hydrogen) atoms. The molecule has 0 unspecified atom stereocenters. The maximum Gasteiger partial charge on any atom is 0.323 e. The van der Waals surface area contributed by atoms with Crippen LogP contribution in [-0.4, -0.2) is 77.7 Å². The average molecular weight is 557 g/mol. The predicted molar refractivity (Wildman–Crippen MR) is 159 cm³/mol. The average Bonchev–Trinajstić information content (AvgIpc) is 3.40. The molecule has 0 atom stereocenters. The van der Waals surface area contributed by atoms with Crippen LogP contribution in [0.4, 0.5) is 10.6 Å². The molecule has 0 saturated carbocycles. The zero-order chi connectivity index (χ0) is 28.8. The van der Waals surface area contributed by atoms with E-state index >= 15 is 0 Å². The van der Waals surface area contributed by atoms with Gasteiger partial charge in [0.2, 0.25) is 0 Å². The molecule has 1 aliphatic rings. The maximum atomic E-state index is 12.9. The van der Waals surface area contributed by atoms with Crippen molar-refractivity contribution in [1.29, 1.82) is 0 Å². The fourth-order valence-corrected chi connectivity index (χ4v) is 5.06. The summed E-state index contributed by atoms with van der Waals surface area (Å²) in [6.07, 6.45) is 4.15. The van der Waals surface area contributed by atoms with Crippen molar-refractivity contribution in [3.8, 4) is 11.5 Å². The van der Waals surface area contributed by atoms with E-state index in [0.717, 1.165) is 56.6 Å². The van der Waals surface area contributed by atoms with Gasteiger partial charge in [-0.3, -0.25) is 9.36 Å². The van der Waals surface area contributed by atoms with Gasteiger partial charge < -0.3 is 30.3 Å². The van der Waals surface area contributed by atoms with E-state index in [1.165, 1.54) is 10.1 Å². The highest BCUT2D eigenvalue weighted by atomic mass is 16.5. The molecule has 0 radical (unpaired) electrons. The number of nitrogens with zero attached hydrogens (tertiary/aromatic N) is 4. The van der Waals surface area contributed by atoms with E-state index in [-0.39, 0.29) is 12.5 Å². The van der Waals surface area contributed by atoms with Crippen molar-refractivity contribution in [3.05, 3.63) is 83.7 Å². The van der Waals surface area contributed by atoms with Crippen LogP contribution in [0.25, 0.3) is 10.9 Å². The third kappa shape index (κ3) is 6.91. The highest BCUT2D eigenvalue weighted by Crippen LogP contribution is 2.32. The second kappa shape index (κ2) is 12.9. The number of ether oxygens (including phenoxy) is 2. The lowest BCUT2D eigenvalue weighted by Gasteiger charge is -2.34. The van der Waals surface area contributed by atoms with Gasteiger partial charge in [-0.15, -0.1) is 0 Å². The number of anilines is 1. The standard InChI is InChI=1S/C31H36N6O4/c1-3-35-14-16-36(17-15-35)12-9-22-4-6-23(7-5-22)30(38)34-29-20-26(8-11-33-29)41-28-19-24-10-13-37(31(32)39)27(24)18-25(28)21-40-2/h4-8,10-11,13,18-20H,3,9,12,14-17,21H2,1-2H3,(H2,32,39)(H,33,34,38). The number of fused-ring (bicyclic) bond motifs is 1. The van der Waals surface area contributed by atoms with Gasteiger partial charge in [-0.25, -0.2) is 9.78 Å². The van der Waals surface area contributed by atoms with Crippen LogP contribution in [0, 0.1) is 0 Å². The number of amides is 2. The van der Waals surface area contributed by atoms with Gasteiger partial charge in [0.05, 0.1) is 12.1 Å². The van der Waals surface area contributed by atoms with Crippen LogP contribution < -0.4 is 15.8 Å². The lowest BCUT2D eigenvalue weighted by molar-refractivity contribution is 0.102. The Morgan fingerprint density at radius 3 is 2.46 bits per heavy atom. The molecule has 2 aromatic heterocycles. The zero-order valence-corrected chi connectivity index (χ0v) is 23.5. The Labute approximate surface area is 239 Å². The molecule has 10 heteroatoms. The summed E-state index contributed by atoms with van der Waals surface area (Å²) in [6, 6.07) is 16.0. The molecule has 0 spiro atoms. The van der Waals surface area contributed by atoms with Crippen molar-refractivity contribution < 1.29 is 19.1 Å². The first-order valence-electron chi connectivity index (χ1n) is 13.8. The van der Waals surface area contributed by atoms with Gasteiger partial charge in [-0.05, 0) is 54.9 Å². The number of benzene rings is 2. The Morgan fingerprint density at radius 1 is 1.00 bits per heavy atom. The van der Waals surface area contributed by atoms with Gasteiger partial charge in [-0.1, -0.05) is 19.1 Å². The van der Waals surface area contributed by atoms with Crippen molar-refractivity contribution >= 4 is 28.7 Å². The molecule has 1 saturated heterocycles. The minimum absolute atomic E-state index is 0.244. The first-order valence-corrected chi connectivity index (χ1v) is 13.8. The van der Waals surface area contributed by atoms with Gasteiger partial charge in [0.25, 0.3) is 5.91 Å². The Hall–Kier alpha value is -4.25. The molecule has 4 aromatic rings. The minimum Gasteiger partial charge on any atom is -0.457 e. The van der Waals surface area contributed by atoms with E-state index in [9.17, 15) is 9.59 Å². The number of rotatable bonds is 10. The summed E-state index contributed by atoms with van der Waals surface area (Å²) in [7, 11) is 1.59. The SMILES string of the molecule is CCN1CCN(CCc2ccc(C(=O)Nc3cc(Oc4cc5ccn(C(N)=O)c5cc4COC)ccn3)cc2)CC1. The molecule has 2 aromatic carbocycles. The number of primary amides is 1. The van der Waals surface area contributed by atoms with Crippen LogP contribution in [0.1, 0.15) is 28.4 Å². The summed E-state index contributed by atoms with van der Waals surface area (Å²) in [6.45, 7) is 9.09. The summed E-state index contributed by atoms with van der Waals surface area (Å²) in [5, 5.41) is 3.66. The quantitative estimate of drug-likeness (QED) is 0.299. The van der Waals surface area contributed by atoms with E-state index in [2.05, 4.69) is 27.0 Å². The number of hydrogen-bond acceptors (Lipinski definition) is 7. The Kier molecular flexibility index (Phi) is 8.93. The highest BCUT2D eigenvalue weighted by molar-refractivity contribution is 6.03. The molecule has 10 nitrogen and oxygen atoms in total. The zero-order valence-electron chi connectivity index (χ0n) is 23.5. The molecular formula is C31H36N6O4. The first-order chi connectivity index (χ1) is 19.9. The normalized spacial score (nSPS) is 14.3. The van der Waals surface area contributed by atoms with Gasteiger partial charge in [0.1, 0.15) is 17.3 Å². The number of nitrogens with one attached hydrogen (secondary N) is 1. The minimum atomic E-state index is -0.567. The van der Waals surface area contributed by atoms with E-state index < -0.39 is 6.03 Å². The van der Waals surface area contributed by atoms with Crippen LogP contribution >= 0.6 is 0 Å². The molecule has 2 amide bonds. The summed E-state index contributed by atoms with van der Waals surface area (Å²) < 4.78 is 12.9. The Balaban J connectivity index is 1.22. The Bertz CT molecular complexity index is 1510. The summed E-state index contributed by atoms with van der Waals surface area (Å²) >= 11 is 0.